The zero-order valence-electron chi connectivity index (χ0n) is 17.8. The van der Waals surface area contributed by atoms with E-state index >= 15 is 0 Å². The predicted octanol–water partition coefficient (Wildman–Crippen LogP) is 5.16. The standard InChI is InChI=1S/C24H37N3O/c1-3-4-5-6-7-15-27-16-8-9-21(13-17-27)26-19-20-12-14-25-24-11-10-22(28-2)18-23(20)24/h10-12,14,18,21,26H,3-9,13,15-17,19H2,1-2H3. The topological polar surface area (TPSA) is 37.4 Å². The van der Waals surface area contributed by atoms with Crippen molar-refractivity contribution in [3.63, 3.8) is 0 Å². The van der Waals surface area contributed by atoms with E-state index < -0.39 is 0 Å². The van der Waals surface area contributed by atoms with E-state index in [0.717, 1.165) is 17.8 Å². The number of ether oxygens (including phenoxy) is 1. The Morgan fingerprint density at radius 2 is 2.00 bits per heavy atom. The summed E-state index contributed by atoms with van der Waals surface area (Å²) in [4.78, 5) is 7.17. The highest BCUT2D eigenvalue weighted by atomic mass is 16.5. The molecule has 4 heteroatoms. The molecule has 1 N–H and O–H groups in total. The van der Waals surface area contributed by atoms with Crippen LogP contribution in [0.25, 0.3) is 10.9 Å². The number of aromatic nitrogens is 1. The monoisotopic (exact) mass is 383 g/mol. The van der Waals surface area contributed by atoms with Crippen LogP contribution in [0.2, 0.25) is 0 Å². The Labute approximate surface area is 170 Å². The molecule has 1 fully saturated rings. The molecule has 0 bridgehead atoms. The van der Waals surface area contributed by atoms with Gasteiger partial charge in [0.05, 0.1) is 12.6 Å². The first kappa shape index (κ1) is 21.1. The third-order valence-corrected chi connectivity index (χ3v) is 6.02. The first-order chi connectivity index (χ1) is 13.8. The first-order valence-corrected chi connectivity index (χ1v) is 11.2. The van der Waals surface area contributed by atoms with Gasteiger partial charge < -0.3 is 15.0 Å². The lowest BCUT2D eigenvalue weighted by Gasteiger charge is -2.20. The molecule has 1 aliphatic heterocycles. The highest BCUT2D eigenvalue weighted by Crippen LogP contribution is 2.23. The predicted molar refractivity (Wildman–Crippen MR) is 118 cm³/mol. The van der Waals surface area contributed by atoms with E-state index in [-0.39, 0.29) is 0 Å². The molecule has 4 nitrogen and oxygen atoms in total. The molecule has 1 saturated heterocycles. The van der Waals surface area contributed by atoms with Crippen molar-refractivity contribution >= 4 is 10.9 Å². The van der Waals surface area contributed by atoms with Gasteiger partial charge in [-0.15, -0.1) is 0 Å². The second-order valence-corrected chi connectivity index (χ2v) is 8.12. The maximum atomic E-state index is 5.40. The molecule has 2 heterocycles. The van der Waals surface area contributed by atoms with E-state index in [1.807, 2.05) is 18.3 Å². The van der Waals surface area contributed by atoms with Crippen molar-refractivity contribution in [1.82, 2.24) is 15.2 Å². The lowest BCUT2D eigenvalue weighted by atomic mass is 10.1. The fraction of sp³-hybridized carbons (Fsp3) is 0.625. The number of hydrogen-bond donors (Lipinski definition) is 1. The second kappa shape index (κ2) is 11.4. The van der Waals surface area contributed by atoms with Gasteiger partial charge in [0.15, 0.2) is 0 Å². The lowest BCUT2D eigenvalue weighted by molar-refractivity contribution is 0.274. The Morgan fingerprint density at radius 1 is 1.11 bits per heavy atom. The molecule has 0 spiro atoms. The molecule has 0 amide bonds. The van der Waals surface area contributed by atoms with Gasteiger partial charge in [-0.1, -0.05) is 32.6 Å². The fourth-order valence-corrected chi connectivity index (χ4v) is 4.24. The number of methoxy groups -OCH3 is 1. The number of pyridine rings is 1. The summed E-state index contributed by atoms with van der Waals surface area (Å²) in [6.45, 7) is 6.96. The molecule has 0 aliphatic carbocycles. The zero-order chi connectivity index (χ0) is 19.6. The molecule has 154 valence electrons. The van der Waals surface area contributed by atoms with Crippen LogP contribution in [0, 0.1) is 0 Å². The zero-order valence-corrected chi connectivity index (χ0v) is 17.8. The fourth-order valence-electron chi connectivity index (χ4n) is 4.24. The smallest absolute Gasteiger partial charge is 0.119 e. The average molecular weight is 384 g/mol. The molecule has 28 heavy (non-hydrogen) atoms. The Balaban J connectivity index is 1.48. The SMILES string of the molecule is CCCCCCCN1CCCC(NCc2ccnc3ccc(OC)cc23)CC1. The van der Waals surface area contributed by atoms with Gasteiger partial charge in [0.1, 0.15) is 5.75 Å². The molecule has 3 rings (SSSR count). The molecular formula is C24H37N3O. The van der Waals surface area contributed by atoms with Crippen LogP contribution in [0.15, 0.2) is 30.5 Å². The molecule has 1 aromatic heterocycles. The van der Waals surface area contributed by atoms with E-state index in [2.05, 4.69) is 34.3 Å². The highest BCUT2D eigenvalue weighted by Gasteiger charge is 2.16. The minimum Gasteiger partial charge on any atom is -0.497 e. The molecule has 1 aromatic carbocycles. The van der Waals surface area contributed by atoms with Crippen LogP contribution in [0.3, 0.4) is 0 Å². The van der Waals surface area contributed by atoms with E-state index in [4.69, 9.17) is 4.74 Å². The van der Waals surface area contributed by atoms with E-state index in [9.17, 15) is 0 Å². The Kier molecular flexibility index (Phi) is 8.56. The van der Waals surface area contributed by atoms with Crippen LogP contribution >= 0.6 is 0 Å². The Hall–Kier alpha value is -1.65. The quantitative estimate of drug-likeness (QED) is 0.575. The normalized spacial score (nSPS) is 18.3. The van der Waals surface area contributed by atoms with Crippen molar-refractivity contribution in [3.05, 3.63) is 36.0 Å². The number of rotatable bonds is 10. The van der Waals surface area contributed by atoms with Crippen LogP contribution in [0.5, 0.6) is 5.75 Å². The van der Waals surface area contributed by atoms with Crippen LogP contribution in [-0.2, 0) is 6.54 Å². The first-order valence-electron chi connectivity index (χ1n) is 11.2. The maximum absolute atomic E-state index is 5.40. The molecular weight excluding hydrogens is 346 g/mol. The summed E-state index contributed by atoms with van der Waals surface area (Å²) in [5, 5.41) is 5.01. The summed E-state index contributed by atoms with van der Waals surface area (Å²) >= 11 is 0. The lowest BCUT2D eigenvalue weighted by Crippen LogP contribution is -2.31. The molecule has 2 aromatic rings. The minimum absolute atomic E-state index is 0.610. The van der Waals surface area contributed by atoms with Crippen LogP contribution in [0.4, 0.5) is 0 Å². The van der Waals surface area contributed by atoms with E-state index in [1.54, 1.807) is 7.11 Å². The van der Waals surface area contributed by atoms with Gasteiger partial charge in [-0.3, -0.25) is 4.98 Å². The molecule has 1 unspecified atom stereocenters. The number of fused-ring (bicyclic) bond motifs is 1. The van der Waals surface area contributed by atoms with Crippen LogP contribution < -0.4 is 10.1 Å². The van der Waals surface area contributed by atoms with Crippen molar-refractivity contribution in [3.8, 4) is 5.75 Å². The van der Waals surface area contributed by atoms with Crippen molar-refractivity contribution in [2.45, 2.75) is 70.9 Å². The van der Waals surface area contributed by atoms with Gasteiger partial charge in [-0.2, -0.15) is 0 Å². The molecule has 1 atom stereocenters. The summed E-state index contributed by atoms with van der Waals surface area (Å²) in [6.07, 6.45) is 12.6. The number of unbranched alkanes of at least 4 members (excludes halogenated alkanes) is 4. The molecule has 0 saturated carbocycles. The largest absolute Gasteiger partial charge is 0.497 e. The number of nitrogens with one attached hydrogen (secondary N) is 1. The summed E-state index contributed by atoms with van der Waals surface area (Å²) in [6, 6.07) is 8.87. The molecule has 1 aliphatic rings. The van der Waals surface area contributed by atoms with Crippen molar-refractivity contribution < 1.29 is 4.74 Å². The van der Waals surface area contributed by atoms with Gasteiger partial charge in [-0.25, -0.2) is 0 Å². The van der Waals surface area contributed by atoms with Gasteiger partial charge in [0, 0.05) is 24.2 Å². The summed E-state index contributed by atoms with van der Waals surface area (Å²) in [5.74, 6) is 0.894. The summed E-state index contributed by atoms with van der Waals surface area (Å²) in [7, 11) is 1.72. The Morgan fingerprint density at radius 3 is 2.86 bits per heavy atom. The third-order valence-electron chi connectivity index (χ3n) is 6.02. The van der Waals surface area contributed by atoms with Crippen molar-refractivity contribution in [2.75, 3.05) is 26.7 Å². The number of hydrogen-bond acceptors (Lipinski definition) is 4. The third kappa shape index (κ3) is 6.18. The minimum atomic E-state index is 0.610. The van der Waals surface area contributed by atoms with Crippen molar-refractivity contribution in [1.29, 1.82) is 0 Å². The van der Waals surface area contributed by atoms with Gasteiger partial charge >= 0.3 is 0 Å². The maximum Gasteiger partial charge on any atom is 0.119 e. The molecule has 0 radical (unpaired) electrons. The summed E-state index contributed by atoms with van der Waals surface area (Å²) in [5.41, 5.74) is 2.34. The Bertz CT molecular complexity index is 718. The van der Waals surface area contributed by atoms with E-state index in [1.165, 1.54) is 82.0 Å². The van der Waals surface area contributed by atoms with Crippen molar-refractivity contribution in [2.24, 2.45) is 0 Å². The van der Waals surface area contributed by atoms with Gasteiger partial charge in [0.2, 0.25) is 0 Å². The van der Waals surface area contributed by atoms with E-state index in [0.29, 0.717) is 6.04 Å². The van der Waals surface area contributed by atoms with Crippen LogP contribution in [0.1, 0.15) is 63.9 Å². The average Bonchev–Trinajstić information content (AvgIpc) is 2.97. The highest BCUT2D eigenvalue weighted by molar-refractivity contribution is 5.83. The van der Waals surface area contributed by atoms with Gasteiger partial charge in [-0.05, 0) is 75.1 Å². The van der Waals surface area contributed by atoms with Crippen LogP contribution in [-0.4, -0.2) is 42.7 Å². The second-order valence-electron chi connectivity index (χ2n) is 8.12. The number of benzene rings is 1. The van der Waals surface area contributed by atoms with Gasteiger partial charge in [0.25, 0.3) is 0 Å². The summed E-state index contributed by atoms with van der Waals surface area (Å²) < 4.78 is 5.40. The number of likely N-dealkylation sites (tertiary alicyclic amines) is 1. The number of nitrogens with zero attached hydrogens (tertiary/aromatic N) is 2.